The average molecular weight is 736 g/mol. The van der Waals surface area contributed by atoms with Crippen LogP contribution in [0.15, 0.2) is 89.8 Å². The summed E-state index contributed by atoms with van der Waals surface area (Å²) in [6.45, 7) is 0.152. The molecule has 15 heteroatoms. The van der Waals surface area contributed by atoms with Crippen LogP contribution in [0.25, 0.3) is 0 Å². The van der Waals surface area contributed by atoms with E-state index in [0.29, 0.717) is 40.7 Å². The van der Waals surface area contributed by atoms with E-state index < -0.39 is 26.7 Å². The molecule has 52 heavy (non-hydrogen) atoms. The predicted molar refractivity (Wildman–Crippen MR) is 198 cm³/mol. The number of hydrogen-bond donors (Lipinski definition) is 0. The molecule has 4 aromatic carbocycles. The van der Waals surface area contributed by atoms with E-state index in [9.17, 15) is 23.3 Å². The Morgan fingerprint density at radius 2 is 1.29 bits per heavy atom. The fourth-order valence-electron chi connectivity index (χ4n) is 5.76. The van der Waals surface area contributed by atoms with E-state index >= 15 is 0 Å². The van der Waals surface area contributed by atoms with E-state index in [1.807, 2.05) is 49.3 Å². The van der Waals surface area contributed by atoms with E-state index in [-0.39, 0.29) is 29.7 Å². The second-order valence-electron chi connectivity index (χ2n) is 12.2. The molecule has 4 aromatic rings. The Bertz CT molecular complexity index is 1920. The molecule has 2 amide bonds. The van der Waals surface area contributed by atoms with Crippen molar-refractivity contribution in [3.8, 4) is 23.0 Å². The maximum absolute atomic E-state index is 14.5. The summed E-state index contributed by atoms with van der Waals surface area (Å²) in [5, 5.41) is 12.5. The van der Waals surface area contributed by atoms with Gasteiger partial charge in [0.15, 0.2) is 0 Å². The molecule has 4 rings (SSSR count). The van der Waals surface area contributed by atoms with Gasteiger partial charge in [0.1, 0.15) is 28.7 Å². The first-order valence-corrected chi connectivity index (χ1v) is 17.6. The van der Waals surface area contributed by atoms with Crippen LogP contribution in [0, 0.1) is 10.1 Å². The number of nitro benzene ring substituents is 1. The molecule has 0 bridgehead atoms. The van der Waals surface area contributed by atoms with Crippen LogP contribution in [0.1, 0.15) is 22.7 Å². The van der Waals surface area contributed by atoms with Crippen LogP contribution in [0.3, 0.4) is 0 Å². The van der Waals surface area contributed by atoms with Crippen molar-refractivity contribution in [2.24, 2.45) is 0 Å². The normalized spacial score (nSPS) is 12.0. The Kier molecular flexibility index (Phi) is 13.1. The number of carbonyl (C=O) groups is 1. The van der Waals surface area contributed by atoms with Crippen molar-refractivity contribution in [1.82, 2.24) is 14.1 Å². The van der Waals surface area contributed by atoms with Gasteiger partial charge >= 0.3 is 6.03 Å². The Morgan fingerprint density at radius 1 is 0.750 bits per heavy atom. The van der Waals surface area contributed by atoms with Gasteiger partial charge in [-0.2, -0.15) is 4.31 Å². The fraction of sp³-hybridized carbons (Fsp3) is 0.324. The number of methoxy groups -OCH3 is 4. The van der Waals surface area contributed by atoms with Crippen molar-refractivity contribution in [1.29, 1.82) is 0 Å². The fourth-order valence-corrected chi connectivity index (χ4v) is 7.18. The van der Waals surface area contributed by atoms with Crippen LogP contribution < -0.4 is 23.8 Å². The zero-order valence-electron chi connectivity index (χ0n) is 30.6. The number of likely N-dealkylation sites (N-methyl/N-ethyl adjacent to an activating group) is 2. The number of carbonyl (C=O) groups excluding carboxylic acids is 1. The Hall–Kier alpha value is -5.38. The van der Waals surface area contributed by atoms with Gasteiger partial charge < -0.3 is 28.7 Å². The Labute approximate surface area is 304 Å². The standard InChI is InChI=1S/C37H45N5O9S/c1-38(2)25-34(26-12-10-9-11-13-26)40(4)37(43)39(3)32-19-18-31(22-33(32)42(44)45)52(46,47)41(23-27-14-16-29(48-5)20-35(27)50-7)24-28-15-17-30(49-6)21-36(28)51-8/h9-22,34H,23-25H2,1-8H3. The third-order valence-electron chi connectivity index (χ3n) is 8.60. The number of ether oxygens (including phenoxy) is 4. The zero-order chi connectivity index (χ0) is 38.2. The summed E-state index contributed by atoms with van der Waals surface area (Å²) in [6, 6.07) is 22.1. The second kappa shape index (κ2) is 17.2. The minimum Gasteiger partial charge on any atom is -0.497 e. The third-order valence-corrected chi connectivity index (χ3v) is 10.4. The average Bonchev–Trinajstić information content (AvgIpc) is 3.15. The number of urea groups is 1. The molecule has 14 nitrogen and oxygen atoms in total. The van der Waals surface area contributed by atoms with Crippen molar-refractivity contribution in [3.05, 3.63) is 112 Å². The molecule has 0 radical (unpaired) electrons. The predicted octanol–water partition coefficient (Wildman–Crippen LogP) is 5.81. The molecule has 0 aliphatic rings. The highest BCUT2D eigenvalue weighted by Crippen LogP contribution is 2.36. The lowest BCUT2D eigenvalue weighted by atomic mass is 10.1. The highest BCUT2D eigenvalue weighted by atomic mass is 32.2. The zero-order valence-corrected chi connectivity index (χ0v) is 31.4. The van der Waals surface area contributed by atoms with Crippen molar-refractivity contribution in [3.63, 3.8) is 0 Å². The molecule has 0 N–H and O–H groups in total. The van der Waals surface area contributed by atoms with Gasteiger partial charge in [-0.05, 0) is 43.9 Å². The second-order valence-corrected chi connectivity index (χ2v) is 14.1. The van der Waals surface area contributed by atoms with Crippen LogP contribution in [-0.2, 0) is 23.1 Å². The van der Waals surface area contributed by atoms with Crippen LogP contribution >= 0.6 is 0 Å². The summed E-state index contributed by atoms with van der Waals surface area (Å²) in [5.74, 6) is 1.79. The first kappa shape index (κ1) is 39.4. The maximum Gasteiger partial charge on any atom is 0.324 e. The molecule has 0 aromatic heterocycles. The number of nitro groups is 1. The van der Waals surface area contributed by atoms with Crippen molar-refractivity contribution >= 4 is 27.4 Å². The van der Waals surface area contributed by atoms with E-state index in [1.165, 1.54) is 56.8 Å². The molecule has 0 fully saturated rings. The highest BCUT2D eigenvalue weighted by molar-refractivity contribution is 7.89. The van der Waals surface area contributed by atoms with E-state index in [0.717, 1.165) is 16.5 Å². The third kappa shape index (κ3) is 8.91. The Morgan fingerprint density at radius 3 is 1.75 bits per heavy atom. The minimum absolute atomic E-state index is 0.0716. The van der Waals surface area contributed by atoms with Gasteiger partial charge in [-0.1, -0.05) is 42.5 Å². The molecule has 0 aliphatic carbocycles. The quantitative estimate of drug-likeness (QED) is 0.102. The number of benzene rings is 4. The molecular formula is C37H45N5O9S. The van der Waals surface area contributed by atoms with Crippen molar-refractivity contribution < 1.29 is 37.1 Å². The number of hydrogen-bond acceptors (Lipinski definition) is 10. The van der Waals surface area contributed by atoms with Gasteiger partial charge in [-0.15, -0.1) is 0 Å². The van der Waals surface area contributed by atoms with Crippen LogP contribution in [0.4, 0.5) is 16.2 Å². The van der Waals surface area contributed by atoms with Gasteiger partial charge in [0, 0.05) is 63.1 Å². The van der Waals surface area contributed by atoms with E-state index in [1.54, 1.807) is 43.4 Å². The summed E-state index contributed by atoms with van der Waals surface area (Å²) >= 11 is 0. The van der Waals surface area contributed by atoms with Gasteiger partial charge in [0.25, 0.3) is 5.69 Å². The summed E-state index contributed by atoms with van der Waals surface area (Å²) in [5.41, 5.74) is 1.29. The van der Waals surface area contributed by atoms with Gasteiger partial charge in [0.2, 0.25) is 10.0 Å². The number of nitrogens with zero attached hydrogens (tertiary/aromatic N) is 5. The van der Waals surface area contributed by atoms with Gasteiger partial charge in [-0.3, -0.25) is 15.0 Å². The van der Waals surface area contributed by atoms with Crippen LogP contribution in [0.5, 0.6) is 23.0 Å². The van der Waals surface area contributed by atoms with Crippen LogP contribution in [-0.4, -0.2) is 96.7 Å². The van der Waals surface area contributed by atoms with Gasteiger partial charge in [-0.25, -0.2) is 13.2 Å². The molecule has 0 saturated carbocycles. The molecular weight excluding hydrogens is 690 g/mol. The van der Waals surface area contributed by atoms with Crippen molar-refractivity contribution in [2.45, 2.75) is 24.0 Å². The Balaban J connectivity index is 1.77. The first-order chi connectivity index (χ1) is 24.7. The minimum atomic E-state index is -4.44. The molecule has 278 valence electrons. The molecule has 1 atom stereocenters. The lowest BCUT2D eigenvalue weighted by Crippen LogP contribution is -2.44. The first-order valence-electron chi connectivity index (χ1n) is 16.2. The van der Waals surface area contributed by atoms with Crippen LogP contribution in [0.2, 0.25) is 0 Å². The summed E-state index contributed by atoms with van der Waals surface area (Å²) in [6.07, 6.45) is 0. The topological polar surface area (TPSA) is 144 Å². The van der Waals surface area contributed by atoms with E-state index in [2.05, 4.69) is 0 Å². The molecule has 0 heterocycles. The number of amides is 2. The molecule has 0 saturated heterocycles. The smallest absolute Gasteiger partial charge is 0.324 e. The lowest BCUT2D eigenvalue weighted by Gasteiger charge is -2.33. The monoisotopic (exact) mass is 735 g/mol. The lowest BCUT2D eigenvalue weighted by molar-refractivity contribution is -0.384. The highest BCUT2D eigenvalue weighted by Gasteiger charge is 2.33. The molecule has 1 unspecified atom stereocenters. The largest absolute Gasteiger partial charge is 0.497 e. The summed E-state index contributed by atoms with van der Waals surface area (Å²) < 4.78 is 51.9. The molecule has 0 spiro atoms. The number of rotatable bonds is 16. The van der Waals surface area contributed by atoms with E-state index in [4.69, 9.17) is 18.9 Å². The SMILES string of the molecule is COc1ccc(CN(Cc2ccc(OC)cc2OC)S(=O)(=O)c2ccc(N(C)C(=O)N(C)C(CN(C)C)c3ccccc3)c([N+](=O)[O-])c2)c(OC)c1. The summed E-state index contributed by atoms with van der Waals surface area (Å²) in [4.78, 5) is 30.0. The van der Waals surface area contributed by atoms with Gasteiger partial charge in [0.05, 0.1) is 44.3 Å². The number of sulfonamides is 1. The number of anilines is 1. The molecule has 0 aliphatic heterocycles. The van der Waals surface area contributed by atoms with Crippen molar-refractivity contribution in [2.75, 3.05) is 68.1 Å². The summed E-state index contributed by atoms with van der Waals surface area (Å²) in [7, 11) is 8.32. The maximum atomic E-state index is 14.5.